The predicted octanol–water partition coefficient (Wildman–Crippen LogP) is 7.21. The van der Waals surface area contributed by atoms with E-state index in [0.29, 0.717) is 0 Å². The first kappa shape index (κ1) is 15.8. The van der Waals surface area contributed by atoms with E-state index in [1.165, 1.54) is 5.39 Å². The number of aromatic nitrogens is 2. The van der Waals surface area contributed by atoms with Crippen LogP contribution in [-0.2, 0) is 0 Å². The van der Waals surface area contributed by atoms with Gasteiger partial charge in [-0.2, -0.15) is 0 Å². The second-order valence-electron chi connectivity index (χ2n) is 7.66. The Morgan fingerprint density at radius 1 is 0.667 bits per heavy atom. The number of nitrogens with zero attached hydrogens (tertiary/aromatic N) is 2. The molecule has 4 aromatic carbocycles. The number of rotatable bonds is 1. The van der Waals surface area contributed by atoms with Gasteiger partial charge in [-0.15, -0.1) is 0 Å². The number of fused-ring (bicyclic) bond motifs is 8. The minimum Gasteiger partial charge on any atom is -0.455 e. The third kappa shape index (κ3) is 2.01. The van der Waals surface area contributed by atoms with Crippen molar-refractivity contribution in [3.05, 3.63) is 97.1 Å². The fourth-order valence-corrected chi connectivity index (χ4v) is 4.64. The van der Waals surface area contributed by atoms with Crippen molar-refractivity contribution in [1.29, 1.82) is 0 Å². The molecule has 0 aliphatic rings. The van der Waals surface area contributed by atoms with Crippen LogP contribution in [0.3, 0.4) is 0 Å². The molecule has 140 valence electrons. The zero-order chi connectivity index (χ0) is 19.7. The van der Waals surface area contributed by atoms with E-state index in [-0.39, 0.29) is 0 Å². The molecule has 0 amide bonds. The summed E-state index contributed by atoms with van der Waals surface area (Å²) in [5.74, 6) is 0. The van der Waals surface area contributed by atoms with Gasteiger partial charge in [-0.05, 0) is 35.7 Å². The molecule has 3 nitrogen and oxygen atoms in total. The molecule has 0 radical (unpaired) electrons. The fraction of sp³-hybridized carbons (Fsp3) is 0. The molecule has 0 aliphatic heterocycles. The Morgan fingerprint density at radius 2 is 1.43 bits per heavy atom. The molecule has 30 heavy (non-hydrogen) atoms. The van der Waals surface area contributed by atoms with Crippen molar-refractivity contribution >= 4 is 49.4 Å². The summed E-state index contributed by atoms with van der Waals surface area (Å²) in [6.45, 7) is 0. The minimum atomic E-state index is 0.910. The average Bonchev–Trinajstić information content (AvgIpc) is 3.37. The molecule has 3 aromatic heterocycles. The quantitative estimate of drug-likeness (QED) is 0.299. The van der Waals surface area contributed by atoms with Crippen molar-refractivity contribution in [2.45, 2.75) is 0 Å². The topological polar surface area (TPSA) is 30.4 Å². The van der Waals surface area contributed by atoms with Crippen LogP contribution in [0.25, 0.3) is 60.6 Å². The highest BCUT2D eigenvalue weighted by molar-refractivity contribution is 6.10. The number of furan rings is 1. The molecule has 0 N–H and O–H groups in total. The van der Waals surface area contributed by atoms with Crippen LogP contribution in [-0.4, -0.2) is 9.38 Å². The normalized spacial score (nSPS) is 12.0. The van der Waals surface area contributed by atoms with Gasteiger partial charge in [0.05, 0.1) is 16.7 Å². The Balaban J connectivity index is 1.72. The van der Waals surface area contributed by atoms with E-state index in [1.54, 1.807) is 0 Å². The van der Waals surface area contributed by atoms with Crippen LogP contribution in [0.1, 0.15) is 0 Å². The predicted molar refractivity (Wildman–Crippen MR) is 123 cm³/mol. The molecule has 0 bridgehead atoms. The Morgan fingerprint density at radius 3 is 2.40 bits per heavy atom. The molecule has 0 saturated heterocycles. The first-order valence-electron chi connectivity index (χ1n) is 10.1. The maximum absolute atomic E-state index is 6.35. The van der Waals surface area contributed by atoms with Crippen molar-refractivity contribution in [1.82, 2.24) is 9.38 Å². The zero-order valence-corrected chi connectivity index (χ0v) is 16.0. The molecule has 0 aliphatic carbocycles. The molecular weight excluding hydrogens is 368 g/mol. The summed E-state index contributed by atoms with van der Waals surface area (Å²) in [7, 11) is 0. The van der Waals surface area contributed by atoms with Gasteiger partial charge in [0.2, 0.25) is 0 Å². The standard InChI is InChI=1S/C27H16N2O/c1-2-9-18-17(8-1)16-24(29-23-14-5-4-13-22(23)28-27(18)29)21-12-7-11-20-19-10-3-6-15-25(19)30-26(20)21/h1-16H. The van der Waals surface area contributed by atoms with E-state index in [0.717, 1.165) is 55.3 Å². The van der Waals surface area contributed by atoms with Crippen LogP contribution in [0.15, 0.2) is 101 Å². The van der Waals surface area contributed by atoms with Gasteiger partial charge in [-0.25, -0.2) is 4.98 Å². The lowest BCUT2D eigenvalue weighted by atomic mass is 10.0. The van der Waals surface area contributed by atoms with Crippen molar-refractivity contribution < 1.29 is 4.42 Å². The average molecular weight is 384 g/mol. The summed E-state index contributed by atoms with van der Waals surface area (Å²) in [5, 5.41) is 4.59. The second-order valence-corrected chi connectivity index (χ2v) is 7.66. The SMILES string of the molecule is c1ccc2c(c1)cc(-c1cccc3c1oc1ccccc13)n1c3ccccc3nc21. The highest BCUT2D eigenvalue weighted by atomic mass is 16.3. The molecule has 0 atom stereocenters. The highest BCUT2D eigenvalue weighted by Crippen LogP contribution is 2.38. The van der Waals surface area contributed by atoms with Crippen LogP contribution in [0.5, 0.6) is 0 Å². The largest absolute Gasteiger partial charge is 0.455 e. The van der Waals surface area contributed by atoms with E-state index in [4.69, 9.17) is 9.40 Å². The van der Waals surface area contributed by atoms with Gasteiger partial charge in [-0.3, -0.25) is 4.40 Å². The van der Waals surface area contributed by atoms with Gasteiger partial charge >= 0.3 is 0 Å². The summed E-state index contributed by atoms with van der Waals surface area (Å²) >= 11 is 0. The first-order valence-corrected chi connectivity index (χ1v) is 10.1. The van der Waals surface area contributed by atoms with Crippen LogP contribution < -0.4 is 0 Å². The molecular formula is C27H16N2O. The Kier molecular flexibility index (Phi) is 3.00. The van der Waals surface area contributed by atoms with Crippen LogP contribution in [0.4, 0.5) is 0 Å². The van der Waals surface area contributed by atoms with Gasteiger partial charge in [0.15, 0.2) is 0 Å². The van der Waals surface area contributed by atoms with Gasteiger partial charge < -0.3 is 4.42 Å². The number of para-hydroxylation sites is 4. The van der Waals surface area contributed by atoms with Crippen LogP contribution in [0, 0.1) is 0 Å². The number of benzene rings is 4. The minimum absolute atomic E-state index is 0.910. The van der Waals surface area contributed by atoms with Crippen LogP contribution >= 0.6 is 0 Å². The molecule has 0 fully saturated rings. The zero-order valence-electron chi connectivity index (χ0n) is 16.0. The molecule has 0 saturated carbocycles. The maximum atomic E-state index is 6.35. The summed E-state index contributed by atoms with van der Waals surface area (Å²) in [6.07, 6.45) is 0. The van der Waals surface area contributed by atoms with E-state index in [9.17, 15) is 0 Å². The number of pyridine rings is 1. The van der Waals surface area contributed by atoms with Gasteiger partial charge in [0.25, 0.3) is 0 Å². The molecule has 0 spiro atoms. The highest BCUT2D eigenvalue weighted by Gasteiger charge is 2.17. The lowest BCUT2D eigenvalue weighted by molar-refractivity contribution is 0.670. The van der Waals surface area contributed by atoms with Gasteiger partial charge in [0, 0.05) is 21.7 Å². The van der Waals surface area contributed by atoms with E-state index < -0.39 is 0 Å². The molecule has 0 unspecified atom stereocenters. The molecule has 3 heterocycles. The van der Waals surface area contributed by atoms with Gasteiger partial charge in [0.1, 0.15) is 16.8 Å². The van der Waals surface area contributed by atoms with Crippen molar-refractivity contribution in [3.63, 3.8) is 0 Å². The Labute approximate surface area is 171 Å². The maximum Gasteiger partial charge on any atom is 0.146 e. The van der Waals surface area contributed by atoms with Crippen molar-refractivity contribution in [2.75, 3.05) is 0 Å². The third-order valence-electron chi connectivity index (χ3n) is 5.98. The lowest BCUT2D eigenvalue weighted by Crippen LogP contribution is -1.94. The smallest absolute Gasteiger partial charge is 0.146 e. The lowest BCUT2D eigenvalue weighted by Gasteiger charge is -2.10. The van der Waals surface area contributed by atoms with Crippen LogP contribution in [0.2, 0.25) is 0 Å². The van der Waals surface area contributed by atoms with Gasteiger partial charge in [-0.1, -0.05) is 66.7 Å². The number of hydrogen-bond donors (Lipinski definition) is 0. The van der Waals surface area contributed by atoms with E-state index in [1.807, 2.05) is 18.2 Å². The van der Waals surface area contributed by atoms with Crippen molar-refractivity contribution in [3.8, 4) is 11.3 Å². The third-order valence-corrected chi connectivity index (χ3v) is 5.98. The molecule has 7 rings (SSSR count). The fourth-order valence-electron chi connectivity index (χ4n) is 4.64. The van der Waals surface area contributed by atoms with E-state index >= 15 is 0 Å². The number of hydrogen-bond acceptors (Lipinski definition) is 2. The molecule has 7 aromatic rings. The summed E-state index contributed by atoms with van der Waals surface area (Å²) in [4.78, 5) is 4.98. The van der Waals surface area contributed by atoms with Crippen molar-refractivity contribution in [2.24, 2.45) is 0 Å². The second kappa shape index (κ2) is 5.71. The monoisotopic (exact) mass is 384 g/mol. The Bertz CT molecular complexity index is 1750. The molecule has 3 heteroatoms. The summed E-state index contributed by atoms with van der Waals surface area (Å²) in [5.41, 5.74) is 7.04. The Hall–Kier alpha value is -4.11. The number of imidazole rings is 1. The summed E-state index contributed by atoms with van der Waals surface area (Å²) < 4.78 is 8.62. The summed E-state index contributed by atoms with van der Waals surface area (Å²) in [6, 6.07) is 33.6. The first-order chi connectivity index (χ1) is 14.9. The van der Waals surface area contributed by atoms with E-state index in [2.05, 4.69) is 83.3 Å².